The molecule has 0 radical (unpaired) electrons. The summed E-state index contributed by atoms with van der Waals surface area (Å²) in [7, 11) is 0. The molecule has 128 valence electrons. The van der Waals surface area contributed by atoms with Gasteiger partial charge in [-0.25, -0.2) is 0 Å². The lowest BCUT2D eigenvalue weighted by molar-refractivity contribution is 0.127. The smallest absolute Gasteiger partial charge is 0.250 e. The summed E-state index contributed by atoms with van der Waals surface area (Å²) in [5.74, 6) is 1.07. The van der Waals surface area contributed by atoms with Crippen molar-refractivity contribution >= 4 is 11.6 Å². The van der Waals surface area contributed by atoms with Crippen molar-refractivity contribution in [2.24, 2.45) is 0 Å². The van der Waals surface area contributed by atoms with Gasteiger partial charge in [0.15, 0.2) is 6.10 Å². The lowest BCUT2D eigenvalue weighted by Gasteiger charge is -2.19. The van der Waals surface area contributed by atoms with Crippen molar-refractivity contribution < 1.29 is 14.3 Å². The third-order valence-corrected chi connectivity index (χ3v) is 4.52. The molecule has 5 nitrogen and oxygen atoms in total. The fourth-order valence-electron chi connectivity index (χ4n) is 3.08. The molecule has 3 aromatic rings. The van der Waals surface area contributed by atoms with Gasteiger partial charge in [0.25, 0.3) is 0 Å². The van der Waals surface area contributed by atoms with Gasteiger partial charge in [0.2, 0.25) is 11.8 Å². The molecule has 0 aliphatic carbocycles. The molecule has 2 aromatic carbocycles. The molecule has 0 amide bonds. The molecule has 1 aliphatic rings. The lowest BCUT2D eigenvalue weighted by Crippen LogP contribution is -2.25. The number of rotatable bonds is 3. The number of para-hydroxylation sites is 1. The van der Waals surface area contributed by atoms with Crippen molar-refractivity contribution in [3.63, 3.8) is 0 Å². The molecule has 1 N–H and O–H groups in total. The molecule has 1 aliphatic heterocycles. The highest BCUT2D eigenvalue weighted by Gasteiger charge is 2.34. The average Bonchev–Trinajstić information content (AvgIpc) is 3.17. The second kappa shape index (κ2) is 5.86. The third kappa shape index (κ3) is 2.90. The van der Waals surface area contributed by atoms with Crippen LogP contribution >= 0.6 is 11.6 Å². The Balaban J connectivity index is 1.69. The Bertz CT molecular complexity index is 936. The number of benzene rings is 2. The first-order chi connectivity index (χ1) is 11.9. The summed E-state index contributed by atoms with van der Waals surface area (Å²) in [6.07, 6.45) is -0.273. The molecule has 0 fully saturated rings. The fraction of sp³-hybridized carbons (Fsp3) is 0.263. The molecule has 25 heavy (non-hydrogen) atoms. The summed E-state index contributed by atoms with van der Waals surface area (Å²) < 4.78 is 11.7. The van der Waals surface area contributed by atoms with Gasteiger partial charge in [-0.1, -0.05) is 41.9 Å². The number of ether oxygens (including phenoxy) is 1. The first-order valence-corrected chi connectivity index (χ1v) is 8.39. The van der Waals surface area contributed by atoms with E-state index in [1.807, 2.05) is 44.2 Å². The molecule has 1 unspecified atom stereocenters. The van der Waals surface area contributed by atoms with E-state index in [-0.39, 0.29) is 17.4 Å². The van der Waals surface area contributed by atoms with Crippen LogP contribution in [0.15, 0.2) is 46.9 Å². The van der Waals surface area contributed by atoms with Gasteiger partial charge in [-0.3, -0.25) is 0 Å². The van der Waals surface area contributed by atoms with Gasteiger partial charge in [-0.15, -0.1) is 10.2 Å². The molecular weight excluding hydrogens is 340 g/mol. The Labute approximate surface area is 150 Å². The Morgan fingerprint density at radius 1 is 1.12 bits per heavy atom. The normalized spacial score (nSPS) is 16.3. The molecule has 0 bridgehead atoms. The van der Waals surface area contributed by atoms with E-state index in [9.17, 15) is 5.11 Å². The van der Waals surface area contributed by atoms with Crippen molar-refractivity contribution in [2.75, 3.05) is 0 Å². The first-order valence-electron chi connectivity index (χ1n) is 8.02. The number of aromatic nitrogens is 2. The van der Waals surface area contributed by atoms with Crippen molar-refractivity contribution in [3.8, 4) is 17.2 Å². The molecule has 0 spiro atoms. The van der Waals surface area contributed by atoms with Crippen LogP contribution < -0.4 is 4.74 Å². The molecular formula is C19H17ClN2O3. The predicted octanol–water partition coefficient (Wildman–Crippen LogP) is 4.19. The number of fused-ring (bicyclic) bond motifs is 1. The zero-order chi connectivity index (χ0) is 17.6. The molecule has 1 aromatic heterocycles. The standard InChI is InChI=1S/C19H17ClN2O3/c1-19(2)10-11-6-5-8-13(16(11)25-19)15(23)18-22-21-17(24-18)12-7-3-4-9-14(12)20/h3-9,15,23H,10H2,1-2H3. The third-order valence-electron chi connectivity index (χ3n) is 4.19. The lowest BCUT2D eigenvalue weighted by atomic mass is 9.99. The van der Waals surface area contributed by atoms with Crippen LogP contribution in [-0.2, 0) is 6.42 Å². The zero-order valence-electron chi connectivity index (χ0n) is 13.9. The number of halogens is 1. The Morgan fingerprint density at radius 2 is 1.92 bits per heavy atom. The van der Waals surface area contributed by atoms with Crippen LogP contribution in [0.5, 0.6) is 5.75 Å². The largest absolute Gasteiger partial charge is 0.487 e. The molecule has 0 saturated heterocycles. The Kier molecular flexibility index (Phi) is 3.78. The van der Waals surface area contributed by atoms with Crippen LogP contribution in [0.3, 0.4) is 0 Å². The maximum atomic E-state index is 10.7. The average molecular weight is 357 g/mol. The van der Waals surface area contributed by atoms with Crippen molar-refractivity contribution in [2.45, 2.75) is 32.0 Å². The van der Waals surface area contributed by atoms with Crippen LogP contribution in [0.1, 0.15) is 37.0 Å². The van der Waals surface area contributed by atoms with E-state index in [2.05, 4.69) is 10.2 Å². The van der Waals surface area contributed by atoms with Gasteiger partial charge in [-0.05, 0) is 31.5 Å². The summed E-state index contributed by atoms with van der Waals surface area (Å²) >= 11 is 6.16. The maximum Gasteiger partial charge on any atom is 0.250 e. The predicted molar refractivity (Wildman–Crippen MR) is 93.7 cm³/mol. The fourth-order valence-corrected chi connectivity index (χ4v) is 3.29. The number of hydrogen-bond acceptors (Lipinski definition) is 5. The summed E-state index contributed by atoms with van der Waals surface area (Å²) in [5.41, 5.74) is 2.02. The van der Waals surface area contributed by atoms with Gasteiger partial charge in [0.05, 0.1) is 10.6 Å². The minimum atomic E-state index is -1.06. The van der Waals surface area contributed by atoms with Gasteiger partial charge in [0, 0.05) is 12.0 Å². The zero-order valence-corrected chi connectivity index (χ0v) is 14.6. The van der Waals surface area contributed by atoms with Crippen LogP contribution in [-0.4, -0.2) is 20.9 Å². The van der Waals surface area contributed by atoms with E-state index < -0.39 is 6.10 Å². The summed E-state index contributed by atoms with van der Waals surface area (Å²) in [6.45, 7) is 4.04. The van der Waals surface area contributed by atoms with Crippen molar-refractivity contribution in [3.05, 3.63) is 64.5 Å². The van der Waals surface area contributed by atoms with Crippen LogP contribution in [0.2, 0.25) is 5.02 Å². The summed E-state index contributed by atoms with van der Waals surface area (Å²) in [4.78, 5) is 0. The minimum Gasteiger partial charge on any atom is -0.487 e. The van der Waals surface area contributed by atoms with Crippen LogP contribution in [0.4, 0.5) is 0 Å². The van der Waals surface area contributed by atoms with E-state index in [0.717, 1.165) is 12.0 Å². The quantitative estimate of drug-likeness (QED) is 0.762. The molecule has 4 rings (SSSR count). The summed E-state index contributed by atoms with van der Waals surface area (Å²) in [6, 6.07) is 12.9. The highest BCUT2D eigenvalue weighted by atomic mass is 35.5. The van der Waals surface area contributed by atoms with E-state index in [1.165, 1.54) is 0 Å². The topological polar surface area (TPSA) is 68.4 Å². The van der Waals surface area contributed by atoms with Crippen LogP contribution in [0, 0.1) is 0 Å². The number of aliphatic hydroxyl groups excluding tert-OH is 1. The Hall–Kier alpha value is -2.37. The van der Waals surface area contributed by atoms with Gasteiger partial charge in [0.1, 0.15) is 11.4 Å². The number of hydrogen-bond donors (Lipinski definition) is 1. The van der Waals surface area contributed by atoms with E-state index >= 15 is 0 Å². The van der Waals surface area contributed by atoms with Crippen LogP contribution in [0.25, 0.3) is 11.5 Å². The molecule has 1 atom stereocenters. The monoisotopic (exact) mass is 356 g/mol. The van der Waals surface area contributed by atoms with Crippen molar-refractivity contribution in [1.29, 1.82) is 0 Å². The highest BCUT2D eigenvalue weighted by Crippen LogP contribution is 2.41. The van der Waals surface area contributed by atoms with Gasteiger partial charge < -0.3 is 14.3 Å². The van der Waals surface area contributed by atoms with E-state index in [4.69, 9.17) is 20.8 Å². The Morgan fingerprint density at radius 3 is 2.72 bits per heavy atom. The van der Waals surface area contributed by atoms with E-state index in [0.29, 0.717) is 21.9 Å². The van der Waals surface area contributed by atoms with Crippen molar-refractivity contribution in [1.82, 2.24) is 10.2 Å². The number of nitrogens with zero attached hydrogens (tertiary/aromatic N) is 2. The minimum absolute atomic E-state index is 0.108. The SMILES string of the molecule is CC1(C)Cc2cccc(C(O)c3nnc(-c4ccccc4Cl)o3)c2O1. The highest BCUT2D eigenvalue weighted by molar-refractivity contribution is 6.33. The molecule has 2 heterocycles. The second-order valence-corrected chi connectivity index (χ2v) is 7.11. The first kappa shape index (κ1) is 16.1. The summed E-state index contributed by atoms with van der Waals surface area (Å²) in [5, 5.41) is 19.3. The molecule has 6 heteroatoms. The van der Waals surface area contributed by atoms with Gasteiger partial charge in [-0.2, -0.15) is 0 Å². The van der Waals surface area contributed by atoms with Gasteiger partial charge >= 0.3 is 0 Å². The number of aliphatic hydroxyl groups is 1. The maximum absolute atomic E-state index is 10.7. The molecule has 0 saturated carbocycles. The van der Waals surface area contributed by atoms with E-state index in [1.54, 1.807) is 12.1 Å². The second-order valence-electron chi connectivity index (χ2n) is 6.70.